The fraction of sp³-hybridized carbons (Fsp3) is 0.875. The van der Waals surface area contributed by atoms with Crippen LogP contribution >= 0.6 is 0 Å². The number of hydrogen-bond acceptors (Lipinski definition) is 2. The van der Waals surface area contributed by atoms with Crippen molar-refractivity contribution < 1.29 is 4.79 Å². The molecule has 0 unspecified atom stereocenters. The molecule has 0 atom stereocenters. The van der Waals surface area contributed by atoms with Crippen LogP contribution in [0.25, 0.3) is 0 Å². The summed E-state index contributed by atoms with van der Waals surface area (Å²) in [5.74, 6) is -0.513. The molecule has 64 valence electrons. The van der Waals surface area contributed by atoms with E-state index in [0.717, 1.165) is 19.3 Å². The lowest BCUT2D eigenvalue weighted by Crippen LogP contribution is -1.90. The zero-order valence-electron chi connectivity index (χ0n) is 7.01. The number of carbonyl (C=O) groups is 1. The Morgan fingerprint density at radius 2 is 1.82 bits per heavy atom. The fourth-order valence-electron chi connectivity index (χ4n) is 0.925. The molecule has 11 heavy (non-hydrogen) atoms. The number of carbonyl (C=O) groups excluding carboxylic acids is 1. The topological polar surface area (TPSA) is 46.5 Å². The molecule has 0 aromatic heterocycles. The van der Waals surface area contributed by atoms with Crippen LogP contribution in [-0.2, 0) is 4.79 Å². The standard InChI is InChI=1S/C8H15NO2/c1-2-3-4-5-6-7-8(10)9-11/h2-7H2,1H3. The smallest absolute Gasteiger partial charge is 0.269 e. The summed E-state index contributed by atoms with van der Waals surface area (Å²) in [6, 6.07) is 0. The van der Waals surface area contributed by atoms with Gasteiger partial charge in [-0.3, -0.25) is 4.79 Å². The molecule has 0 N–H and O–H groups in total. The molecule has 0 spiro atoms. The third-order valence-electron chi connectivity index (χ3n) is 1.60. The van der Waals surface area contributed by atoms with Gasteiger partial charge in [-0.05, 0) is 6.42 Å². The molecular formula is C8H15NO2. The fourth-order valence-corrected chi connectivity index (χ4v) is 0.925. The summed E-state index contributed by atoms with van der Waals surface area (Å²) < 4.78 is 0. The second kappa shape index (κ2) is 7.38. The highest BCUT2D eigenvalue weighted by Crippen LogP contribution is 2.05. The first-order valence-corrected chi connectivity index (χ1v) is 4.17. The average molecular weight is 157 g/mol. The molecule has 0 saturated heterocycles. The van der Waals surface area contributed by atoms with Crippen LogP contribution in [-0.4, -0.2) is 5.91 Å². The number of unbranched alkanes of at least 4 members (excludes halogenated alkanes) is 4. The molecule has 0 rings (SSSR count). The lowest BCUT2D eigenvalue weighted by molar-refractivity contribution is -0.118. The van der Waals surface area contributed by atoms with Crippen molar-refractivity contribution in [1.82, 2.24) is 0 Å². The minimum absolute atomic E-state index is 0.327. The van der Waals surface area contributed by atoms with Crippen molar-refractivity contribution in [2.45, 2.75) is 45.4 Å². The maximum Gasteiger partial charge on any atom is 0.286 e. The Hall–Kier alpha value is -0.730. The van der Waals surface area contributed by atoms with Gasteiger partial charge in [-0.1, -0.05) is 32.6 Å². The Bertz CT molecular complexity index is 123. The Labute approximate surface area is 67.2 Å². The van der Waals surface area contributed by atoms with E-state index >= 15 is 0 Å². The highest BCUT2D eigenvalue weighted by Gasteiger charge is 1.98. The molecule has 0 aliphatic carbocycles. The molecule has 0 heterocycles. The second-order valence-corrected chi connectivity index (χ2v) is 2.65. The minimum Gasteiger partial charge on any atom is -0.269 e. The quantitative estimate of drug-likeness (QED) is 0.439. The van der Waals surface area contributed by atoms with Gasteiger partial charge in [0.2, 0.25) is 0 Å². The van der Waals surface area contributed by atoms with Crippen molar-refractivity contribution in [3.05, 3.63) is 4.91 Å². The first-order valence-electron chi connectivity index (χ1n) is 4.17. The monoisotopic (exact) mass is 157 g/mol. The van der Waals surface area contributed by atoms with Gasteiger partial charge < -0.3 is 0 Å². The molecule has 0 fully saturated rings. The van der Waals surface area contributed by atoms with E-state index in [9.17, 15) is 9.70 Å². The molecule has 0 bridgehead atoms. The highest BCUT2D eigenvalue weighted by molar-refractivity contribution is 5.76. The van der Waals surface area contributed by atoms with Crippen LogP contribution in [0.2, 0.25) is 0 Å². The molecule has 0 aromatic rings. The number of nitroso groups, excluding NO2 is 1. The van der Waals surface area contributed by atoms with Crippen molar-refractivity contribution in [3.8, 4) is 0 Å². The van der Waals surface area contributed by atoms with E-state index in [1.807, 2.05) is 0 Å². The average Bonchev–Trinajstić information content (AvgIpc) is 2.04. The van der Waals surface area contributed by atoms with Crippen molar-refractivity contribution >= 4 is 5.91 Å². The summed E-state index contributed by atoms with van der Waals surface area (Å²) in [4.78, 5) is 20.0. The Morgan fingerprint density at radius 3 is 2.36 bits per heavy atom. The zero-order valence-corrected chi connectivity index (χ0v) is 7.01. The van der Waals surface area contributed by atoms with Crippen LogP contribution in [0.5, 0.6) is 0 Å². The van der Waals surface area contributed by atoms with Gasteiger partial charge in [-0.25, -0.2) is 0 Å². The van der Waals surface area contributed by atoms with Gasteiger partial charge in [0, 0.05) is 11.6 Å². The van der Waals surface area contributed by atoms with Crippen molar-refractivity contribution in [3.63, 3.8) is 0 Å². The molecule has 0 aliphatic rings. The minimum atomic E-state index is -0.513. The predicted octanol–water partition coefficient (Wildman–Crippen LogP) is 2.64. The molecule has 0 radical (unpaired) electrons. The first kappa shape index (κ1) is 10.3. The predicted molar refractivity (Wildman–Crippen MR) is 44.2 cm³/mol. The Morgan fingerprint density at radius 1 is 1.18 bits per heavy atom. The van der Waals surface area contributed by atoms with Gasteiger partial charge >= 0.3 is 0 Å². The van der Waals surface area contributed by atoms with E-state index in [-0.39, 0.29) is 0 Å². The van der Waals surface area contributed by atoms with E-state index in [2.05, 4.69) is 12.1 Å². The second-order valence-electron chi connectivity index (χ2n) is 2.65. The number of rotatable bonds is 6. The van der Waals surface area contributed by atoms with Crippen LogP contribution in [0.4, 0.5) is 0 Å². The number of amides is 1. The molecule has 0 aliphatic heterocycles. The van der Waals surface area contributed by atoms with Gasteiger partial charge in [0.05, 0.1) is 0 Å². The van der Waals surface area contributed by atoms with Crippen LogP contribution in [0.3, 0.4) is 0 Å². The van der Waals surface area contributed by atoms with E-state index in [1.54, 1.807) is 0 Å². The van der Waals surface area contributed by atoms with Gasteiger partial charge in [-0.15, -0.1) is 4.91 Å². The third-order valence-corrected chi connectivity index (χ3v) is 1.60. The molecule has 0 aromatic carbocycles. The summed E-state index contributed by atoms with van der Waals surface area (Å²) in [5.41, 5.74) is 0. The molecule has 3 heteroatoms. The zero-order chi connectivity index (χ0) is 8.53. The van der Waals surface area contributed by atoms with Crippen LogP contribution in [0.15, 0.2) is 5.18 Å². The first-order chi connectivity index (χ1) is 5.31. The molecular weight excluding hydrogens is 142 g/mol. The van der Waals surface area contributed by atoms with Gasteiger partial charge in [-0.2, -0.15) is 0 Å². The van der Waals surface area contributed by atoms with Crippen molar-refractivity contribution in [2.24, 2.45) is 5.18 Å². The lowest BCUT2D eigenvalue weighted by atomic mass is 10.1. The SMILES string of the molecule is CCCCCCCC(=O)N=O. The van der Waals surface area contributed by atoms with Gasteiger partial charge in [0.25, 0.3) is 5.91 Å². The van der Waals surface area contributed by atoms with E-state index in [0.29, 0.717) is 6.42 Å². The number of hydrogen-bond donors (Lipinski definition) is 0. The number of nitrogens with zero attached hydrogens (tertiary/aromatic N) is 1. The van der Waals surface area contributed by atoms with E-state index in [1.165, 1.54) is 12.8 Å². The summed E-state index contributed by atoms with van der Waals surface area (Å²) in [5, 5.41) is 2.32. The summed E-state index contributed by atoms with van der Waals surface area (Å²) >= 11 is 0. The largest absolute Gasteiger partial charge is 0.286 e. The highest BCUT2D eigenvalue weighted by atomic mass is 16.3. The summed E-state index contributed by atoms with van der Waals surface area (Å²) in [6.45, 7) is 2.14. The van der Waals surface area contributed by atoms with Crippen molar-refractivity contribution in [1.29, 1.82) is 0 Å². The van der Waals surface area contributed by atoms with Crippen molar-refractivity contribution in [2.75, 3.05) is 0 Å². The maximum atomic E-state index is 10.4. The lowest BCUT2D eigenvalue weighted by Gasteiger charge is -1.94. The van der Waals surface area contributed by atoms with Gasteiger partial charge in [0.1, 0.15) is 0 Å². The molecule has 0 saturated carbocycles. The summed E-state index contributed by atoms with van der Waals surface area (Å²) in [7, 11) is 0. The van der Waals surface area contributed by atoms with Crippen LogP contribution in [0.1, 0.15) is 45.4 Å². The summed E-state index contributed by atoms with van der Waals surface area (Å²) in [6.07, 6.45) is 5.73. The van der Waals surface area contributed by atoms with E-state index in [4.69, 9.17) is 0 Å². The third kappa shape index (κ3) is 7.16. The maximum absolute atomic E-state index is 10.4. The Balaban J connectivity index is 3.01. The van der Waals surface area contributed by atoms with Gasteiger partial charge in [0.15, 0.2) is 0 Å². The molecule has 3 nitrogen and oxygen atoms in total. The molecule has 1 amide bonds. The Kier molecular flexibility index (Phi) is 6.89. The van der Waals surface area contributed by atoms with Crippen LogP contribution in [0, 0.1) is 4.91 Å². The normalized spacial score (nSPS) is 9.55. The van der Waals surface area contributed by atoms with E-state index < -0.39 is 5.91 Å². The van der Waals surface area contributed by atoms with Crippen LogP contribution < -0.4 is 0 Å².